The minimum absolute atomic E-state index is 0.213. The van der Waals surface area contributed by atoms with Gasteiger partial charge in [-0.2, -0.15) is 5.10 Å². The molecule has 0 saturated carbocycles. The summed E-state index contributed by atoms with van der Waals surface area (Å²) in [6.07, 6.45) is 1.35. The Bertz CT molecular complexity index is 1030. The Labute approximate surface area is 161 Å². The van der Waals surface area contributed by atoms with Gasteiger partial charge < -0.3 is 0 Å². The highest BCUT2D eigenvalue weighted by Gasteiger charge is 2.11. The lowest BCUT2D eigenvalue weighted by atomic mass is 10.2. The van der Waals surface area contributed by atoms with Gasteiger partial charge in [-0.05, 0) is 43.4 Å². The molecule has 132 valence electrons. The van der Waals surface area contributed by atoms with Crippen molar-refractivity contribution >= 4 is 50.2 Å². The molecule has 0 spiro atoms. The predicted octanol–water partition coefficient (Wildman–Crippen LogP) is 3.06. The summed E-state index contributed by atoms with van der Waals surface area (Å²) in [7, 11) is 1.63. The Morgan fingerprint density at radius 1 is 1.23 bits per heavy atom. The number of nitrogens with one attached hydrogen (secondary N) is 2. The first-order valence-electron chi connectivity index (χ1n) is 7.54. The van der Waals surface area contributed by atoms with Gasteiger partial charge in [0, 0.05) is 16.4 Å². The molecular formula is C17H14BrN5O2S. The fourth-order valence-corrected chi connectivity index (χ4v) is 2.88. The highest BCUT2D eigenvalue weighted by Crippen LogP contribution is 2.15. The number of nitrogens with zero attached hydrogens (tertiary/aromatic N) is 3. The molecule has 2 aromatic carbocycles. The number of rotatable bonds is 4. The van der Waals surface area contributed by atoms with Gasteiger partial charge in [0.25, 0.3) is 5.56 Å². The lowest BCUT2D eigenvalue weighted by molar-refractivity contribution is 0.261. The lowest BCUT2D eigenvalue weighted by Crippen LogP contribution is -2.24. The average molecular weight is 432 g/mol. The summed E-state index contributed by atoms with van der Waals surface area (Å²) >= 11 is 4.25. The number of hydrogen-bond donors (Lipinski definition) is 2. The van der Waals surface area contributed by atoms with Crippen LogP contribution in [-0.2, 0) is 0 Å². The summed E-state index contributed by atoms with van der Waals surface area (Å²) in [6, 6.07) is 14.4. The van der Waals surface area contributed by atoms with Crippen LogP contribution >= 0.6 is 27.9 Å². The van der Waals surface area contributed by atoms with Crippen LogP contribution in [0.2, 0.25) is 0 Å². The third-order valence-electron chi connectivity index (χ3n) is 3.42. The Balaban J connectivity index is 2.12. The van der Waals surface area contributed by atoms with E-state index in [0.29, 0.717) is 22.4 Å². The zero-order valence-corrected chi connectivity index (χ0v) is 16.0. The van der Waals surface area contributed by atoms with Crippen LogP contribution in [0.15, 0.2) is 62.9 Å². The van der Waals surface area contributed by atoms with Crippen molar-refractivity contribution in [3.63, 3.8) is 0 Å². The molecule has 3 aromatic rings. The van der Waals surface area contributed by atoms with Crippen molar-refractivity contribution in [3.05, 3.63) is 69.2 Å². The highest BCUT2D eigenvalue weighted by atomic mass is 79.9. The molecule has 26 heavy (non-hydrogen) atoms. The second kappa shape index (κ2) is 8.26. The summed E-state index contributed by atoms with van der Waals surface area (Å²) < 4.78 is 5.00. The molecular weight excluding hydrogens is 418 g/mol. The Morgan fingerprint density at radius 3 is 2.69 bits per heavy atom. The normalized spacial score (nSPS) is 11.2. The Hall–Kier alpha value is -2.49. The van der Waals surface area contributed by atoms with Crippen molar-refractivity contribution in [3.8, 4) is 5.69 Å². The quantitative estimate of drug-likeness (QED) is 0.376. The number of carbonyl (C=O) groups excluding carboxylic acids is 1. The van der Waals surface area contributed by atoms with Crippen LogP contribution in [0.25, 0.3) is 16.6 Å². The average Bonchev–Trinajstić information content (AvgIpc) is 2.63. The molecule has 2 N–H and O–H groups in total. The van der Waals surface area contributed by atoms with Gasteiger partial charge in [0.1, 0.15) is 0 Å². The molecule has 0 atom stereocenters. The van der Waals surface area contributed by atoms with Crippen molar-refractivity contribution in [1.82, 2.24) is 19.7 Å². The van der Waals surface area contributed by atoms with Gasteiger partial charge in [-0.25, -0.2) is 10.4 Å². The molecule has 0 fully saturated rings. The maximum atomic E-state index is 13.0. The van der Waals surface area contributed by atoms with E-state index in [1.807, 2.05) is 18.2 Å². The van der Waals surface area contributed by atoms with E-state index in [1.165, 1.54) is 10.8 Å². The van der Waals surface area contributed by atoms with Crippen molar-refractivity contribution in [2.45, 2.75) is 0 Å². The molecule has 1 heterocycles. The smallest absolute Gasteiger partial charge is 0.268 e. The molecule has 1 aromatic heterocycles. The van der Waals surface area contributed by atoms with Crippen LogP contribution in [0.5, 0.6) is 0 Å². The van der Waals surface area contributed by atoms with E-state index >= 15 is 0 Å². The molecule has 0 radical (unpaired) electrons. The first-order chi connectivity index (χ1) is 12.6. The van der Waals surface area contributed by atoms with Gasteiger partial charge in [-0.1, -0.05) is 28.1 Å². The van der Waals surface area contributed by atoms with Crippen molar-refractivity contribution in [2.75, 3.05) is 7.05 Å². The Kier molecular flexibility index (Phi) is 5.82. The van der Waals surface area contributed by atoms with Gasteiger partial charge in [-0.3, -0.25) is 18.9 Å². The standard InChI is InChI=1S/C17H14BrN5O2S/c1-19-26-17(25)22-20-10-15-21-14-5-3-2-4-13(14)16(24)23(15)12-8-6-11(18)7-9-12/h2-10,19H,1H3,(H,22,25)/b20-10+. The molecule has 0 saturated heterocycles. The molecule has 7 nitrogen and oxygen atoms in total. The number of halogens is 1. The zero-order chi connectivity index (χ0) is 18.5. The third kappa shape index (κ3) is 4.01. The largest absolute Gasteiger partial charge is 0.314 e. The predicted molar refractivity (Wildman–Crippen MR) is 108 cm³/mol. The molecule has 0 unspecified atom stereocenters. The van der Waals surface area contributed by atoms with E-state index in [1.54, 1.807) is 37.4 Å². The SMILES string of the molecule is CNSC(=O)N/N=C/c1nc2ccccc2c(=O)n1-c1ccc(Br)cc1. The van der Waals surface area contributed by atoms with Crippen LogP contribution in [0.1, 0.15) is 5.82 Å². The molecule has 0 aliphatic carbocycles. The van der Waals surface area contributed by atoms with Gasteiger partial charge in [-0.15, -0.1) is 0 Å². The number of amides is 1. The fourth-order valence-electron chi connectivity index (χ4n) is 2.33. The number of aromatic nitrogens is 2. The number of benzene rings is 2. The number of fused-ring (bicyclic) bond motifs is 1. The fraction of sp³-hybridized carbons (Fsp3) is 0.0588. The topological polar surface area (TPSA) is 88.4 Å². The van der Waals surface area contributed by atoms with Crippen LogP contribution in [0, 0.1) is 0 Å². The van der Waals surface area contributed by atoms with Crippen molar-refractivity contribution in [2.24, 2.45) is 5.10 Å². The molecule has 0 aliphatic heterocycles. The van der Waals surface area contributed by atoms with E-state index in [9.17, 15) is 9.59 Å². The summed E-state index contributed by atoms with van der Waals surface area (Å²) in [5, 5.41) is 4.02. The van der Waals surface area contributed by atoms with E-state index in [4.69, 9.17) is 0 Å². The van der Waals surface area contributed by atoms with Crippen LogP contribution in [0.4, 0.5) is 4.79 Å². The number of para-hydroxylation sites is 1. The summed E-state index contributed by atoms with van der Waals surface area (Å²) in [4.78, 5) is 29.0. The highest BCUT2D eigenvalue weighted by molar-refractivity contribution is 9.10. The third-order valence-corrected chi connectivity index (χ3v) is 4.43. The number of hydrogen-bond acceptors (Lipinski definition) is 6. The van der Waals surface area contributed by atoms with Gasteiger partial charge in [0.05, 0.1) is 22.8 Å². The minimum Gasteiger partial charge on any atom is -0.268 e. The van der Waals surface area contributed by atoms with E-state index in [0.717, 1.165) is 16.4 Å². The second-order valence-corrected chi connectivity index (χ2v) is 6.97. The summed E-state index contributed by atoms with van der Waals surface area (Å²) in [5.74, 6) is 0.311. The maximum Gasteiger partial charge on any atom is 0.314 e. The lowest BCUT2D eigenvalue weighted by Gasteiger charge is -2.11. The van der Waals surface area contributed by atoms with Crippen molar-refractivity contribution < 1.29 is 4.79 Å². The summed E-state index contributed by atoms with van der Waals surface area (Å²) in [6.45, 7) is 0. The van der Waals surface area contributed by atoms with Crippen LogP contribution < -0.4 is 15.7 Å². The summed E-state index contributed by atoms with van der Waals surface area (Å²) in [5.41, 5.74) is 3.35. The van der Waals surface area contributed by atoms with Gasteiger partial charge in [0.15, 0.2) is 5.82 Å². The number of carbonyl (C=O) groups is 1. The van der Waals surface area contributed by atoms with Crippen LogP contribution in [0.3, 0.4) is 0 Å². The van der Waals surface area contributed by atoms with E-state index in [-0.39, 0.29) is 10.8 Å². The zero-order valence-electron chi connectivity index (χ0n) is 13.6. The maximum absolute atomic E-state index is 13.0. The second-order valence-electron chi connectivity index (χ2n) is 5.07. The first-order valence-corrected chi connectivity index (χ1v) is 9.15. The molecule has 0 aliphatic rings. The van der Waals surface area contributed by atoms with Crippen LogP contribution in [-0.4, -0.2) is 28.1 Å². The van der Waals surface area contributed by atoms with E-state index < -0.39 is 0 Å². The molecule has 1 amide bonds. The number of hydrazone groups is 1. The minimum atomic E-state index is -0.373. The molecule has 3 rings (SSSR count). The molecule has 9 heteroatoms. The molecule has 0 bridgehead atoms. The van der Waals surface area contributed by atoms with Crippen molar-refractivity contribution in [1.29, 1.82) is 0 Å². The van der Waals surface area contributed by atoms with E-state index in [2.05, 4.69) is 36.2 Å². The monoisotopic (exact) mass is 431 g/mol. The Morgan fingerprint density at radius 2 is 1.96 bits per heavy atom. The first kappa shape index (κ1) is 18.3. The van der Waals surface area contributed by atoms with Gasteiger partial charge in [0.2, 0.25) is 0 Å². The van der Waals surface area contributed by atoms with Gasteiger partial charge >= 0.3 is 5.24 Å².